The highest BCUT2D eigenvalue weighted by atomic mass is 16.3. The molecule has 1 aromatic heterocycles. The van der Waals surface area contributed by atoms with Crippen LogP contribution in [0, 0.1) is 0 Å². The maximum absolute atomic E-state index is 9.45. The Morgan fingerprint density at radius 2 is 2.12 bits per heavy atom. The van der Waals surface area contributed by atoms with Crippen LogP contribution in [0.15, 0.2) is 12.1 Å². The summed E-state index contributed by atoms with van der Waals surface area (Å²) >= 11 is 0. The summed E-state index contributed by atoms with van der Waals surface area (Å²) in [4.78, 5) is 6.45. The Balaban J connectivity index is 2.25. The lowest BCUT2D eigenvalue weighted by atomic mass is 10.1. The number of aromatic nitrogens is 1. The van der Waals surface area contributed by atoms with Crippen LogP contribution in [0.1, 0.15) is 25.7 Å². The molecule has 5 N–H and O–H groups in total. The van der Waals surface area contributed by atoms with Crippen molar-refractivity contribution in [2.75, 3.05) is 29.5 Å². The summed E-state index contributed by atoms with van der Waals surface area (Å²) < 4.78 is 0. The minimum Gasteiger partial charge on any atom is -0.396 e. The second kappa shape index (κ2) is 5.23. The molecule has 17 heavy (non-hydrogen) atoms. The molecule has 0 aromatic carbocycles. The van der Waals surface area contributed by atoms with Crippen molar-refractivity contribution >= 4 is 17.3 Å². The van der Waals surface area contributed by atoms with E-state index in [1.165, 1.54) is 6.42 Å². The summed E-state index contributed by atoms with van der Waals surface area (Å²) in [6.45, 7) is 1.08. The minimum atomic E-state index is 0.146. The maximum atomic E-state index is 9.45. The molecule has 1 aliphatic heterocycles. The van der Waals surface area contributed by atoms with Gasteiger partial charge in [-0.15, -0.1) is 0 Å². The lowest BCUT2D eigenvalue weighted by Gasteiger charge is -2.29. The van der Waals surface area contributed by atoms with Gasteiger partial charge in [0.1, 0.15) is 11.6 Å². The summed E-state index contributed by atoms with van der Waals surface area (Å²) in [5.74, 6) is 1.18. The maximum Gasteiger partial charge on any atom is 0.149 e. The molecule has 0 aliphatic carbocycles. The number of nitrogens with zero attached hydrogens (tertiary/aromatic N) is 2. The van der Waals surface area contributed by atoms with Gasteiger partial charge in [0.25, 0.3) is 0 Å². The van der Waals surface area contributed by atoms with E-state index >= 15 is 0 Å². The molecular weight excluding hydrogens is 216 g/mol. The number of aliphatic hydroxyl groups excluding tert-OH is 1. The van der Waals surface area contributed by atoms with Crippen LogP contribution < -0.4 is 16.4 Å². The zero-order valence-electron chi connectivity index (χ0n) is 9.97. The predicted molar refractivity (Wildman–Crippen MR) is 69.7 cm³/mol. The van der Waals surface area contributed by atoms with Gasteiger partial charge in [-0.2, -0.15) is 0 Å². The van der Waals surface area contributed by atoms with Crippen LogP contribution in [0.3, 0.4) is 0 Å². The third-order valence-corrected chi connectivity index (χ3v) is 3.32. The highest BCUT2D eigenvalue weighted by Crippen LogP contribution is 2.24. The lowest BCUT2D eigenvalue weighted by Crippen LogP contribution is -2.38. The van der Waals surface area contributed by atoms with E-state index in [0.717, 1.165) is 31.6 Å². The van der Waals surface area contributed by atoms with Crippen LogP contribution >= 0.6 is 0 Å². The Morgan fingerprint density at radius 3 is 2.82 bits per heavy atom. The molecule has 2 heterocycles. The van der Waals surface area contributed by atoms with Crippen molar-refractivity contribution in [3.63, 3.8) is 0 Å². The quantitative estimate of drug-likeness (QED) is 0.712. The molecule has 1 unspecified atom stereocenters. The molecule has 5 heteroatoms. The first-order valence-electron chi connectivity index (χ1n) is 6.12. The molecule has 0 spiro atoms. The summed E-state index contributed by atoms with van der Waals surface area (Å²) in [7, 11) is 0. The molecule has 0 saturated carbocycles. The van der Waals surface area contributed by atoms with Crippen molar-refractivity contribution in [3.05, 3.63) is 12.1 Å². The molecule has 0 amide bonds. The summed E-state index contributed by atoms with van der Waals surface area (Å²) in [6.07, 6.45) is 4.49. The molecule has 1 atom stereocenters. The predicted octanol–water partition coefficient (Wildman–Crippen LogP) is 0.987. The second-order valence-electron chi connectivity index (χ2n) is 4.52. The van der Waals surface area contributed by atoms with Gasteiger partial charge in [-0.3, -0.25) is 0 Å². The van der Waals surface area contributed by atoms with Gasteiger partial charge >= 0.3 is 0 Å². The van der Waals surface area contributed by atoms with E-state index in [1.807, 2.05) is 6.07 Å². The van der Waals surface area contributed by atoms with Gasteiger partial charge in [0, 0.05) is 6.54 Å². The fourth-order valence-corrected chi connectivity index (χ4v) is 2.30. The lowest BCUT2D eigenvalue weighted by molar-refractivity contribution is 0.254. The molecule has 1 saturated heterocycles. The zero-order chi connectivity index (χ0) is 12.3. The van der Waals surface area contributed by atoms with Crippen molar-refractivity contribution in [2.24, 2.45) is 0 Å². The first-order valence-corrected chi connectivity index (χ1v) is 6.12. The number of pyridine rings is 1. The number of rotatable bonds is 2. The standard InChI is InChI=1S/C12H20N4O/c13-10-5-6-11(15-12(10)14)16-7-3-1-2-4-9(16)8-17/h5-6,9,17H,1-4,7-8,13H2,(H2,14,15). The summed E-state index contributed by atoms with van der Waals surface area (Å²) in [5.41, 5.74) is 11.9. The van der Waals surface area contributed by atoms with Gasteiger partial charge in [0.05, 0.1) is 18.3 Å². The smallest absolute Gasteiger partial charge is 0.149 e. The number of aliphatic hydroxyl groups is 1. The van der Waals surface area contributed by atoms with E-state index < -0.39 is 0 Å². The third kappa shape index (κ3) is 2.61. The van der Waals surface area contributed by atoms with Gasteiger partial charge in [-0.1, -0.05) is 12.8 Å². The molecule has 2 rings (SSSR count). The molecule has 1 aliphatic rings. The largest absolute Gasteiger partial charge is 0.396 e. The topological polar surface area (TPSA) is 88.4 Å². The molecule has 0 radical (unpaired) electrons. The van der Waals surface area contributed by atoms with Crippen molar-refractivity contribution < 1.29 is 5.11 Å². The number of anilines is 3. The molecule has 1 aromatic rings. The Hall–Kier alpha value is -1.49. The van der Waals surface area contributed by atoms with Gasteiger partial charge in [0.2, 0.25) is 0 Å². The molecule has 1 fully saturated rings. The van der Waals surface area contributed by atoms with Crippen molar-refractivity contribution in [1.29, 1.82) is 0 Å². The Labute approximate surface area is 101 Å². The SMILES string of the molecule is Nc1ccc(N2CCCCCC2CO)nc1N. The van der Waals surface area contributed by atoms with E-state index in [-0.39, 0.29) is 12.6 Å². The average Bonchev–Trinajstić information content (AvgIpc) is 2.57. The average molecular weight is 236 g/mol. The Morgan fingerprint density at radius 1 is 1.29 bits per heavy atom. The Bertz CT molecular complexity index is 383. The molecule has 0 bridgehead atoms. The number of nitrogens with two attached hydrogens (primary N) is 2. The van der Waals surface area contributed by atoms with Gasteiger partial charge in [-0.05, 0) is 25.0 Å². The number of hydrogen-bond donors (Lipinski definition) is 3. The second-order valence-corrected chi connectivity index (χ2v) is 4.52. The van der Waals surface area contributed by atoms with E-state index in [9.17, 15) is 5.11 Å². The highest BCUT2D eigenvalue weighted by molar-refractivity contribution is 5.62. The van der Waals surface area contributed by atoms with E-state index in [2.05, 4.69) is 9.88 Å². The zero-order valence-corrected chi connectivity index (χ0v) is 9.97. The minimum absolute atomic E-state index is 0.146. The summed E-state index contributed by atoms with van der Waals surface area (Å²) in [6, 6.07) is 3.80. The fourth-order valence-electron chi connectivity index (χ4n) is 2.30. The molecule has 94 valence electrons. The molecular formula is C12H20N4O. The normalized spacial score (nSPS) is 21.2. The van der Waals surface area contributed by atoms with Crippen LogP contribution in [-0.4, -0.2) is 29.3 Å². The van der Waals surface area contributed by atoms with Gasteiger partial charge in [-0.25, -0.2) is 4.98 Å². The first kappa shape index (κ1) is 12.0. The molecule has 5 nitrogen and oxygen atoms in total. The van der Waals surface area contributed by atoms with Gasteiger partial charge in [0.15, 0.2) is 0 Å². The van der Waals surface area contributed by atoms with Crippen LogP contribution in [0.2, 0.25) is 0 Å². The van der Waals surface area contributed by atoms with Crippen LogP contribution in [0.4, 0.5) is 17.3 Å². The van der Waals surface area contributed by atoms with Crippen molar-refractivity contribution in [3.8, 4) is 0 Å². The monoisotopic (exact) mass is 236 g/mol. The van der Waals surface area contributed by atoms with Crippen LogP contribution in [0.25, 0.3) is 0 Å². The fraction of sp³-hybridized carbons (Fsp3) is 0.583. The van der Waals surface area contributed by atoms with Crippen LogP contribution in [0.5, 0.6) is 0 Å². The van der Waals surface area contributed by atoms with E-state index in [0.29, 0.717) is 11.5 Å². The first-order chi connectivity index (χ1) is 8.22. The number of nitrogen functional groups attached to an aromatic ring is 2. The summed E-state index contributed by atoms with van der Waals surface area (Å²) in [5, 5.41) is 9.45. The third-order valence-electron chi connectivity index (χ3n) is 3.32. The number of hydrogen-bond acceptors (Lipinski definition) is 5. The van der Waals surface area contributed by atoms with Crippen molar-refractivity contribution in [2.45, 2.75) is 31.7 Å². The van der Waals surface area contributed by atoms with Crippen molar-refractivity contribution in [1.82, 2.24) is 4.98 Å². The van der Waals surface area contributed by atoms with E-state index in [4.69, 9.17) is 11.5 Å². The van der Waals surface area contributed by atoms with Gasteiger partial charge < -0.3 is 21.5 Å². The Kier molecular flexibility index (Phi) is 3.68. The van der Waals surface area contributed by atoms with E-state index in [1.54, 1.807) is 6.07 Å². The van der Waals surface area contributed by atoms with Crippen LogP contribution in [-0.2, 0) is 0 Å². The highest BCUT2D eigenvalue weighted by Gasteiger charge is 2.21.